The van der Waals surface area contributed by atoms with Crippen molar-refractivity contribution >= 4 is 17.3 Å². The Morgan fingerprint density at radius 3 is 2.71 bits per heavy atom. The molecule has 1 aromatic carbocycles. The number of rotatable bonds is 6. The summed E-state index contributed by atoms with van der Waals surface area (Å²) < 4.78 is 13.0. The van der Waals surface area contributed by atoms with Gasteiger partial charge in [0, 0.05) is 13.6 Å². The highest BCUT2D eigenvalue weighted by Gasteiger charge is 2.10. The number of benzene rings is 1. The molecule has 0 aliphatic heterocycles. The van der Waals surface area contributed by atoms with Crippen LogP contribution in [0, 0.1) is 15.9 Å². The van der Waals surface area contributed by atoms with Crippen molar-refractivity contribution in [1.29, 1.82) is 0 Å². The van der Waals surface area contributed by atoms with Crippen LogP contribution in [-0.2, 0) is 6.42 Å². The van der Waals surface area contributed by atoms with E-state index in [1.165, 1.54) is 24.3 Å². The molecule has 0 spiro atoms. The monoisotopic (exact) mass is 290 g/mol. The van der Waals surface area contributed by atoms with Crippen LogP contribution >= 0.6 is 0 Å². The van der Waals surface area contributed by atoms with Crippen molar-refractivity contribution in [2.24, 2.45) is 0 Å². The second-order valence-electron chi connectivity index (χ2n) is 4.41. The van der Waals surface area contributed by atoms with Gasteiger partial charge in [-0.15, -0.1) is 0 Å². The quantitative estimate of drug-likeness (QED) is 0.631. The summed E-state index contributed by atoms with van der Waals surface area (Å²) in [5.74, 6) is 0.542. The van der Waals surface area contributed by atoms with E-state index >= 15 is 0 Å². The van der Waals surface area contributed by atoms with Crippen LogP contribution in [0.5, 0.6) is 0 Å². The van der Waals surface area contributed by atoms with E-state index in [1.54, 1.807) is 13.1 Å². The SMILES string of the molecule is CNc1cc([N+](=O)[O-])cc(NCCc2cccc(F)c2)n1. The predicted molar refractivity (Wildman–Crippen MR) is 79.0 cm³/mol. The predicted octanol–water partition coefficient (Wildman–Crippen LogP) is 2.83. The number of aromatic nitrogens is 1. The Bertz CT molecular complexity index is 649. The van der Waals surface area contributed by atoms with Crippen molar-refractivity contribution in [3.8, 4) is 0 Å². The van der Waals surface area contributed by atoms with Crippen LogP contribution in [0.3, 0.4) is 0 Å². The van der Waals surface area contributed by atoms with E-state index < -0.39 is 4.92 Å². The zero-order valence-electron chi connectivity index (χ0n) is 11.5. The Kier molecular flexibility index (Phi) is 4.65. The summed E-state index contributed by atoms with van der Waals surface area (Å²) in [5.41, 5.74) is 0.810. The molecule has 0 bridgehead atoms. The number of nitrogens with zero attached hydrogens (tertiary/aromatic N) is 2. The maximum absolute atomic E-state index is 13.0. The summed E-state index contributed by atoms with van der Waals surface area (Å²) in [6.07, 6.45) is 0.594. The Morgan fingerprint density at radius 1 is 1.29 bits per heavy atom. The Hall–Kier alpha value is -2.70. The third-order valence-electron chi connectivity index (χ3n) is 2.89. The Morgan fingerprint density at radius 2 is 2.05 bits per heavy atom. The van der Waals surface area contributed by atoms with Gasteiger partial charge >= 0.3 is 0 Å². The van der Waals surface area contributed by atoms with Crippen LogP contribution in [0.25, 0.3) is 0 Å². The minimum atomic E-state index is -0.472. The molecule has 0 saturated heterocycles. The average molecular weight is 290 g/mol. The van der Waals surface area contributed by atoms with Gasteiger partial charge in [0.25, 0.3) is 5.69 Å². The van der Waals surface area contributed by atoms with Gasteiger partial charge in [-0.3, -0.25) is 10.1 Å². The molecule has 1 aromatic heterocycles. The first-order chi connectivity index (χ1) is 10.1. The van der Waals surface area contributed by atoms with Crippen molar-refractivity contribution in [1.82, 2.24) is 4.98 Å². The van der Waals surface area contributed by atoms with Crippen LogP contribution in [0.4, 0.5) is 21.7 Å². The molecule has 21 heavy (non-hydrogen) atoms. The van der Waals surface area contributed by atoms with Gasteiger partial charge in [0.2, 0.25) is 0 Å². The van der Waals surface area contributed by atoms with Gasteiger partial charge in [-0.1, -0.05) is 12.1 Å². The van der Waals surface area contributed by atoms with Gasteiger partial charge in [-0.2, -0.15) is 0 Å². The Balaban J connectivity index is 2.02. The zero-order chi connectivity index (χ0) is 15.2. The summed E-state index contributed by atoms with van der Waals surface area (Å²) in [6, 6.07) is 9.05. The van der Waals surface area contributed by atoms with E-state index in [-0.39, 0.29) is 11.5 Å². The molecule has 110 valence electrons. The lowest BCUT2D eigenvalue weighted by Gasteiger charge is -2.08. The van der Waals surface area contributed by atoms with Crippen molar-refractivity contribution in [3.05, 3.63) is 57.9 Å². The van der Waals surface area contributed by atoms with Crippen molar-refractivity contribution in [2.75, 3.05) is 24.2 Å². The van der Waals surface area contributed by atoms with Crippen molar-refractivity contribution in [2.45, 2.75) is 6.42 Å². The fraction of sp³-hybridized carbons (Fsp3) is 0.214. The number of anilines is 2. The van der Waals surface area contributed by atoms with E-state index in [1.807, 2.05) is 6.07 Å². The van der Waals surface area contributed by atoms with Crippen LogP contribution in [0.2, 0.25) is 0 Å². The molecule has 7 heteroatoms. The first-order valence-corrected chi connectivity index (χ1v) is 6.41. The molecule has 0 atom stereocenters. The summed E-state index contributed by atoms with van der Waals surface area (Å²) >= 11 is 0. The standard InChI is InChI=1S/C14H15FN4O2/c1-16-13-8-12(19(20)21)9-14(18-13)17-6-5-10-3-2-4-11(15)7-10/h2-4,7-9H,5-6H2,1H3,(H2,16,17,18). The second-order valence-corrected chi connectivity index (χ2v) is 4.41. The molecule has 0 amide bonds. The highest BCUT2D eigenvalue weighted by molar-refractivity contribution is 5.54. The Labute approximate surface area is 121 Å². The summed E-state index contributed by atoms with van der Waals surface area (Å²) in [7, 11) is 1.64. The fourth-order valence-corrected chi connectivity index (χ4v) is 1.87. The molecule has 2 aromatic rings. The van der Waals surface area contributed by atoms with Crippen LogP contribution in [-0.4, -0.2) is 23.5 Å². The highest BCUT2D eigenvalue weighted by Crippen LogP contribution is 2.20. The number of nitro groups is 1. The van der Waals surface area contributed by atoms with Crippen LogP contribution < -0.4 is 10.6 Å². The van der Waals surface area contributed by atoms with E-state index in [0.717, 1.165) is 5.56 Å². The normalized spacial score (nSPS) is 10.2. The minimum absolute atomic E-state index is 0.0393. The lowest BCUT2D eigenvalue weighted by Crippen LogP contribution is -2.08. The maximum Gasteiger partial charge on any atom is 0.276 e. The smallest absolute Gasteiger partial charge is 0.276 e. The topological polar surface area (TPSA) is 80.1 Å². The van der Waals surface area contributed by atoms with E-state index in [4.69, 9.17) is 0 Å². The minimum Gasteiger partial charge on any atom is -0.373 e. The van der Waals surface area contributed by atoms with E-state index in [9.17, 15) is 14.5 Å². The molecule has 0 aliphatic carbocycles. The summed E-state index contributed by atoms with van der Waals surface area (Å²) in [4.78, 5) is 14.5. The van der Waals surface area contributed by atoms with E-state index in [0.29, 0.717) is 24.6 Å². The van der Waals surface area contributed by atoms with Gasteiger partial charge < -0.3 is 10.6 Å². The molecule has 0 saturated carbocycles. The van der Waals surface area contributed by atoms with Crippen molar-refractivity contribution < 1.29 is 9.31 Å². The first-order valence-electron chi connectivity index (χ1n) is 6.41. The molecular weight excluding hydrogens is 275 g/mol. The molecule has 6 nitrogen and oxygen atoms in total. The van der Waals surface area contributed by atoms with Crippen molar-refractivity contribution in [3.63, 3.8) is 0 Å². The van der Waals surface area contributed by atoms with E-state index in [2.05, 4.69) is 15.6 Å². The van der Waals surface area contributed by atoms with Gasteiger partial charge in [-0.25, -0.2) is 9.37 Å². The zero-order valence-corrected chi connectivity index (χ0v) is 11.5. The van der Waals surface area contributed by atoms with Gasteiger partial charge in [0.05, 0.1) is 17.1 Å². The molecule has 2 rings (SSSR count). The summed E-state index contributed by atoms with van der Waals surface area (Å²) in [6.45, 7) is 0.501. The summed E-state index contributed by atoms with van der Waals surface area (Å²) in [5, 5.41) is 16.6. The third-order valence-corrected chi connectivity index (χ3v) is 2.89. The fourth-order valence-electron chi connectivity index (χ4n) is 1.87. The number of hydrogen-bond acceptors (Lipinski definition) is 5. The lowest BCUT2D eigenvalue weighted by atomic mass is 10.1. The molecule has 0 fully saturated rings. The number of pyridine rings is 1. The van der Waals surface area contributed by atoms with Crippen LogP contribution in [0.1, 0.15) is 5.56 Å². The molecule has 0 radical (unpaired) electrons. The first kappa shape index (κ1) is 14.7. The number of halogens is 1. The molecular formula is C14H15FN4O2. The van der Waals surface area contributed by atoms with Gasteiger partial charge in [-0.05, 0) is 24.1 Å². The van der Waals surface area contributed by atoms with Gasteiger partial charge in [0.1, 0.15) is 17.5 Å². The largest absolute Gasteiger partial charge is 0.373 e. The molecule has 0 unspecified atom stereocenters. The second kappa shape index (κ2) is 6.65. The molecule has 0 aliphatic rings. The van der Waals surface area contributed by atoms with Gasteiger partial charge in [0.15, 0.2) is 0 Å². The number of hydrogen-bond donors (Lipinski definition) is 2. The highest BCUT2D eigenvalue weighted by atomic mass is 19.1. The molecule has 2 N–H and O–H groups in total. The number of nitrogens with one attached hydrogen (secondary N) is 2. The maximum atomic E-state index is 13.0. The lowest BCUT2D eigenvalue weighted by molar-refractivity contribution is -0.384. The van der Waals surface area contributed by atoms with Crippen LogP contribution in [0.15, 0.2) is 36.4 Å². The average Bonchev–Trinajstić information content (AvgIpc) is 2.47. The molecule has 1 heterocycles. The third kappa shape index (κ3) is 4.13.